The molecule has 0 fully saturated rings. The van der Waals surface area contributed by atoms with Crippen molar-refractivity contribution < 1.29 is 4.74 Å². The molecule has 0 bridgehead atoms. The summed E-state index contributed by atoms with van der Waals surface area (Å²) in [6.45, 7) is 7.04. The highest BCUT2D eigenvalue weighted by Crippen LogP contribution is 2.34. The van der Waals surface area contributed by atoms with Gasteiger partial charge in [-0.15, -0.1) is 0 Å². The summed E-state index contributed by atoms with van der Waals surface area (Å²) in [5.74, 6) is 1.48. The van der Waals surface area contributed by atoms with Crippen LogP contribution in [0.1, 0.15) is 22.5 Å². The molecule has 0 amide bonds. The zero-order chi connectivity index (χ0) is 17.4. The number of benzene rings is 1. The lowest BCUT2D eigenvalue weighted by Gasteiger charge is -2.13. The average molecular weight is 332 g/mol. The molecule has 0 atom stereocenters. The summed E-state index contributed by atoms with van der Waals surface area (Å²) < 4.78 is 6.07. The third-order valence-corrected chi connectivity index (χ3v) is 4.61. The summed E-state index contributed by atoms with van der Waals surface area (Å²) >= 11 is 0. The normalized spacial score (nSPS) is 12.6. The molecule has 4 rings (SSSR count). The third-order valence-electron chi connectivity index (χ3n) is 4.61. The van der Waals surface area contributed by atoms with Crippen molar-refractivity contribution in [2.24, 2.45) is 0 Å². The molecule has 1 aliphatic heterocycles. The second-order valence-corrected chi connectivity index (χ2v) is 6.32. The quantitative estimate of drug-likeness (QED) is 0.778. The Kier molecular flexibility index (Phi) is 3.84. The minimum atomic E-state index is 0.685. The van der Waals surface area contributed by atoms with E-state index in [1.807, 2.05) is 32.0 Å². The second kappa shape index (κ2) is 6.16. The van der Waals surface area contributed by atoms with Gasteiger partial charge in [0.1, 0.15) is 12.1 Å². The van der Waals surface area contributed by atoms with E-state index in [2.05, 4.69) is 33.3 Å². The van der Waals surface area contributed by atoms with E-state index >= 15 is 0 Å². The fraction of sp³-hybridized carbons (Fsp3) is 0.250. The number of nitrogens with zero attached hydrogens (tertiary/aromatic N) is 3. The van der Waals surface area contributed by atoms with Gasteiger partial charge in [0.25, 0.3) is 0 Å². The van der Waals surface area contributed by atoms with Gasteiger partial charge in [-0.25, -0.2) is 15.0 Å². The molecule has 0 spiro atoms. The molecule has 0 aliphatic carbocycles. The van der Waals surface area contributed by atoms with Crippen LogP contribution in [0.15, 0.2) is 36.8 Å². The summed E-state index contributed by atoms with van der Waals surface area (Å²) in [6, 6.07) is 8.09. The van der Waals surface area contributed by atoms with Crippen molar-refractivity contribution in [1.82, 2.24) is 15.0 Å². The summed E-state index contributed by atoms with van der Waals surface area (Å²) in [7, 11) is 0. The van der Waals surface area contributed by atoms with E-state index in [1.165, 1.54) is 0 Å². The maximum atomic E-state index is 6.07. The third kappa shape index (κ3) is 2.82. The minimum Gasteiger partial charge on any atom is -0.439 e. The first kappa shape index (κ1) is 15.6. The van der Waals surface area contributed by atoms with Crippen molar-refractivity contribution in [2.75, 3.05) is 11.9 Å². The maximum absolute atomic E-state index is 6.07. The highest BCUT2D eigenvalue weighted by molar-refractivity contribution is 5.72. The van der Waals surface area contributed by atoms with Crippen molar-refractivity contribution >= 4 is 5.69 Å². The van der Waals surface area contributed by atoms with E-state index in [0.717, 1.165) is 58.0 Å². The molecule has 126 valence electrons. The number of ether oxygens (including phenoxy) is 1. The molecule has 1 aliphatic rings. The van der Waals surface area contributed by atoms with Crippen molar-refractivity contribution in [3.63, 3.8) is 0 Å². The van der Waals surface area contributed by atoms with Crippen LogP contribution in [0.5, 0.6) is 11.6 Å². The molecule has 0 saturated carbocycles. The van der Waals surface area contributed by atoms with Crippen LogP contribution in [-0.2, 0) is 6.42 Å². The van der Waals surface area contributed by atoms with Gasteiger partial charge < -0.3 is 10.1 Å². The summed E-state index contributed by atoms with van der Waals surface area (Å²) in [6.07, 6.45) is 4.33. The molecular weight excluding hydrogens is 312 g/mol. The lowest BCUT2D eigenvalue weighted by atomic mass is 9.98. The molecule has 25 heavy (non-hydrogen) atoms. The molecule has 0 radical (unpaired) electrons. The topological polar surface area (TPSA) is 59.9 Å². The second-order valence-electron chi connectivity index (χ2n) is 6.32. The van der Waals surface area contributed by atoms with Crippen molar-refractivity contribution in [3.05, 3.63) is 59.3 Å². The molecule has 5 heteroatoms. The SMILES string of the molecule is Cc1cc(Oc2nccc3c2CCN3)ccc1-c1c(C)ncnc1C. The number of fused-ring (bicyclic) bond motifs is 1. The van der Waals surface area contributed by atoms with E-state index in [-0.39, 0.29) is 0 Å². The molecule has 0 unspecified atom stereocenters. The summed E-state index contributed by atoms with van der Waals surface area (Å²) in [4.78, 5) is 13.1. The predicted octanol–water partition coefficient (Wildman–Crippen LogP) is 4.22. The Morgan fingerprint density at radius 2 is 1.80 bits per heavy atom. The largest absolute Gasteiger partial charge is 0.439 e. The molecule has 2 aromatic heterocycles. The molecular formula is C20H20N4O. The predicted molar refractivity (Wildman–Crippen MR) is 98.2 cm³/mol. The van der Waals surface area contributed by atoms with Gasteiger partial charge in [0, 0.05) is 40.9 Å². The molecule has 0 saturated heterocycles. The van der Waals surface area contributed by atoms with Crippen LogP contribution in [0.25, 0.3) is 11.1 Å². The van der Waals surface area contributed by atoms with Gasteiger partial charge in [0.15, 0.2) is 0 Å². The van der Waals surface area contributed by atoms with Crippen LogP contribution in [0.4, 0.5) is 5.69 Å². The summed E-state index contributed by atoms with van der Waals surface area (Å²) in [5, 5.41) is 3.35. The Balaban J connectivity index is 1.68. The van der Waals surface area contributed by atoms with Crippen LogP contribution in [0.3, 0.4) is 0 Å². The Bertz CT molecular complexity index is 932. The number of pyridine rings is 1. The first-order valence-electron chi connectivity index (χ1n) is 8.42. The fourth-order valence-corrected chi connectivity index (χ4v) is 3.37. The van der Waals surface area contributed by atoms with Gasteiger partial charge in [0.05, 0.1) is 0 Å². The number of hydrogen-bond acceptors (Lipinski definition) is 5. The van der Waals surface area contributed by atoms with Crippen molar-refractivity contribution in [3.8, 4) is 22.8 Å². The van der Waals surface area contributed by atoms with E-state index in [9.17, 15) is 0 Å². The Labute approximate surface area is 147 Å². The van der Waals surface area contributed by atoms with Gasteiger partial charge in [-0.3, -0.25) is 0 Å². The number of aromatic nitrogens is 3. The average Bonchev–Trinajstić information content (AvgIpc) is 3.06. The van der Waals surface area contributed by atoms with Crippen molar-refractivity contribution in [2.45, 2.75) is 27.2 Å². The first-order chi connectivity index (χ1) is 12.1. The molecule has 1 N–H and O–H groups in total. The molecule has 3 heterocycles. The Morgan fingerprint density at radius 1 is 1.00 bits per heavy atom. The van der Waals surface area contributed by atoms with Crippen LogP contribution < -0.4 is 10.1 Å². The molecule has 3 aromatic rings. The molecule has 1 aromatic carbocycles. The van der Waals surface area contributed by atoms with Crippen LogP contribution in [-0.4, -0.2) is 21.5 Å². The lowest BCUT2D eigenvalue weighted by molar-refractivity contribution is 0.458. The van der Waals surface area contributed by atoms with Crippen LogP contribution >= 0.6 is 0 Å². The van der Waals surface area contributed by atoms with Crippen molar-refractivity contribution in [1.29, 1.82) is 0 Å². The van der Waals surface area contributed by atoms with Crippen LogP contribution in [0, 0.1) is 20.8 Å². The lowest BCUT2D eigenvalue weighted by Crippen LogP contribution is -1.97. The van der Waals surface area contributed by atoms with Gasteiger partial charge in [0.2, 0.25) is 5.88 Å². The standard InChI is InChI=1S/C20H20N4O/c1-12-10-15(25-20-17-6-8-21-18(17)7-9-22-20)4-5-16(12)19-13(2)23-11-24-14(19)3/h4-5,7,9-11,21H,6,8H2,1-3H3. The zero-order valence-corrected chi connectivity index (χ0v) is 14.6. The number of aryl methyl sites for hydroxylation is 3. The monoisotopic (exact) mass is 332 g/mol. The number of nitrogens with one attached hydrogen (secondary N) is 1. The van der Waals surface area contributed by atoms with E-state index in [4.69, 9.17) is 4.74 Å². The highest BCUT2D eigenvalue weighted by atomic mass is 16.5. The Hall–Kier alpha value is -2.95. The van der Waals surface area contributed by atoms with Gasteiger partial charge in [-0.1, -0.05) is 6.07 Å². The first-order valence-corrected chi connectivity index (χ1v) is 8.42. The number of hydrogen-bond donors (Lipinski definition) is 1. The number of rotatable bonds is 3. The van der Waals surface area contributed by atoms with Gasteiger partial charge >= 0.3 is 0 Å². The zero-order valence-electron chi connectivity index (χ0n) is 14.6. The maximum Gasteiger partial charge on any atom is 0.224 e. The van der Waals surface area contributed by atoms with E-state index < -0.39 is 0 Å². The smallest absolute Gasteiger partial charge is 0.224 e. The summed E-state index contributed by atoms with van der Waals surface area (Å²) in [5.41, 5.74) is 7.59. The fourth-order valence-electron chi connectivity index (χ4n) is 3.37. The van der Waals surface area contributed by atoms with Crippen LogP contribution in [0.2, 0.25) is 0 Å². The minimum absolute atomic E-state index is 0.685. The van der Waals surface area contributed by atoms with E-state index in [1.54, 1.807) is 12.5 Å². The van der Waals surface area contributed by atoms with Gasteiger partial charge in [-0.2, -0.15) is 0 Å². The number of anilines is 1. The highest BCUT2D eigenvalue weighted by Gasteiger charge is 2.17. The molecule has 5 nitrogen and oxygen atoms in total. The Morgan fingerprint density at radius 3 is 2.56 bits per heavy atom. The van der Waals surface area contributed by atoms with Gasteiger partial charge in [-0.05, 0) is 56.5 Å². The van der Waals surface area contributed by atoms with E-state index in [0.29, 0.717) is 5.88 Å².